The molecule has 0 rings (SSSR count). The summed E-state index contributed by atoms with van der Waals surface area (Å²) in [5, 5.41) is 0. The fourth-order valence-corrected chi connectivity index (χ4v) is 3.69. The largest absolute Gasteiger partial charge is 0.328 e. The lowest BCUT2D eigenvalue weighted by atomic mass is 10.1. The maximum absolute atomic E-state index is 2.49. The number of hydrogen-bond donors (Lipinski definition) is 0. The van der Waals surface area contributed by atoms with Gasteiger partial charge in [0.25, 0.3) is 0 Å². The topological polar surface area (TPSA) is 0 Å². The van der Waals surface area contributed by atoms with Crippen LogP contribution in [-0.2, 0) is 0 Å². The van der Waals surface area contributed by atoms with Crippen LogP contribution >= 0.6 is 0 Å². The van der Waals surface area contributed by atoms with E-state index in [0.717, 1.165) is 0 Å². The molecule has 0 atom stereocenters. The van der Waals surface area contributed by atoms with Crippen molar-refractivity contribution in [2.24, 2.45) is 0 Å². The van der Waals surface area contributed by atoms with Crippen molar-refractivity contribution in [2.45, 2.75) is 77.6 Å². The summed E-state index contributed by atoms with van der Waals surface area (Å²) in [4.78, 5) is 0. The third kappa shape index (κ3) is 12.6. The van der Waals surface area contributed by atoms with Gasteiger partial charge in [0.05, 0.1) is 27.2 Å². The van der Waals surface area contributed by atoms with Crippen molar-refractivity contribution in [3.05, 3.63) is 0 Å². The zero-order valence-electron chi connectivity index (χ0n) is 14.0. The Morgan fingerprint density at radius 3 is 1.78 bits per heavy atom. The summed E-state index contributed by atoms with van der Waals surface area (Å²) < 4.78 is 1.23. The van der Waals surface area contributed by atoms with Crippen molar-refractivity contribution >= 4 is 8.07 Å². The molecular formula is C16H38NSi+. The summed E-state index contributed by atoms with van der Waals surface area (Å²) in [6, 6.07) is 1.49. The number of nitrogens with zero attached hydrogens (tertiary/aromatic N) is 1. The maximum Gasteiger partial charge on any atom is 0.0782 e. The van der Waals surface area contributed by atoms with Crippen molar-refractivity contribution in [1.82, 2.24) is 0 Å². The van der Waals surface area contributed by atoms with E-state index in [0.29, 0.717) is 0 Å². The van der Waals surface area contributed by atoms with Crippen molar-refractivity contribution < 1.29 is 4.48 Å². The van der Waals surface area contributed by atoms with Crippen LogP contribution in [0.1, 0.15) is 51.9 Å². The average Bonchev–Trinajstić information content (AvgIpc) is 2.21. The summed E-state index contributed by atoms with van der Waals surface area (Å²) in [5.41, 5.74) is 0. The summed E-state index contributed by atoms with van der Waals surface area (Å²) in [7, 11) is 4.01. The van der Waals surface area contributed by atoms with Crippen LogP contribution < -0.4 is 0 Å². The summed E-state index contributed by atoms with van der Waals surface area (Å²) in [6.07, 6.45) is 9.97. The molecule has 0 aliphatic heterocycles. The molecule has 0 fully saturated rings. The molecule has 2 heteroatoms. The van der Waals surface area contributed by atoms with Crippen LogP contribution in [0.25, 0.3) is 0 Å². The van der Waals surface area contributed by atoms with Gasteiger partial charge in [-0.05, 0) is 19.3 Å². The lowest BCUT2D eigenvalue weighted by Gasteiger charge is -2.31. The summed E-state index contributed by atoms with van der Waals surface area (Å²) in [6.45, 7) is 12.5. The number of quaternary nitrogens is 1. The molecule has 0 unspecified atom stereocenters. The van der Waals surface area contributed by atoms with E-state index < -0.39 is 8.07 Å². The molecule has 0 aromatic heterocycles. The molecule has 0 aliphatic carbocycles. The summed E-state index contributed by atoms with van der Waals surface area (Å²) in [5.74, 6) is 0. The molecule has 0 heterocycles. The van der Waals surface area contributed by atoms with Crippen molar-refractivity contribution in [1.29, 1.82) is 0 Å². The Bertz CT molecular complexity index is 194. The van der Waals surface area contributed by atoms with Gasteiger partial charge in [-0.1, -0.05) is 58.3 Å². The Hall–Kier alpha value is 0.177. The molecule has 0 bridgehead atoms. The van der Waals surface area contributed by atoms with E-state index in [9.17, 15) is 0 Å². The number of unbranched alkanes of at least 4 members (excludes halogenated alkanes) is 5. The first-order valence-corrected chi connectivity index (χ1v) is 11.8. The normalized spacial score (nSPS) is 13.0. The van der Waals surface area contributed by atoms with Crippen molar-refractivity contribution in [3.63, 3.8) is 0 Å². The quantitative estimate of drug-likeness (QED) is 0.277. The van der Waals surface area contributed by atoms with Gasteiger partial charge in [0.1, 0.15) is 0 Å². The van der Waals surface area contributed by atoms with Crippen LogP contribution in [0.2, 0.25) is 25.7 Å². The molecule has 110 valence electrons. The fourth-order valence-electron chi connectivity index (χ4n) is 2.47. The molecule has 1 nitrogen and oxygen atoms in total. The predicted octanol–water partition coefficient (Wildman–Crippen LogP) is 5.15. The van der Waals surface area contributed by atoms with Crippen LogP contribution in [0.4, 0.5) is 0 Å². The van der Waals surface area contributed by atoms with Crippen LogP contribution in [0.5, 0.6) is 0 Å². The first-order chi connectivity index (χ1) is 8.27. The van der Waals surface area contributed by atoms with Crippen molar-refractivity contribution in [2.75, 3.05) is 27.2 Å². The van der Waals surface area contributed by atoms with E-state index in [1.165, 1.54) is 68.6 Å². The molecule has 0 aromatic carbocycles. The van der Waals surface area contributed by atoms with E-state index in [1.807, 2.05) is 0 Å². The molecular weight excluding hydrogens is 234 g/mol. The van der Waals surface area contributed by atoms with E-state index in [1.54, 1.807) is 0 Å². The Labute approximate surface area is 118 Å². The third-order valence-electron chi connectivity index (χ3n) is 3.81. The average molecular weight is 273 g/mol. The lowest BCUT2D eigenvalue weighted by molar-refractivity contribution is -0.890. The van der Waals surface area contributed by atoms with E-state index in [4.69, 9.17) is 0 Å². The van der Waals surface area contributed by atoms with Crippen LogP contribution in [-0.4, -0.2) is 39.7 Å². The van der Waals surface area contributed by atoms with Crippen molar-refractivity contribution in [3.8, 4) is 0 Å². The molecule has 0 aliphatic rings. The second-order valence-electron chi connectivity index (χ2n) is 7.81. The minimum atomic E-state index is -0.820. The molecule has 0 saturated heterocycles. The minimum Gasteiger partial charge on any atom is -0.328 e. The van der Waals surface area contributed by atoms with Crippen LogP contribution in [0.15, 0.2) is 0 Å². The highest BCUT2D eigenvalue weighted by Gasteiger charge is 2.18. The molecule has 0 amide bonds. The minimum absolute atomic E-state index is 0.820. The molecule has 0 aromatic rings. The Morgan fingerprint density at radius 2 is 1.22 bits per heavy atom. The SMILES string of the molecule is CCCCCCCC[N+](C)(C)CCC[Si](C)(C)C. The van der Waals surface area contributed by atoms with Crippen LogP contribution in [0, 0.1) is 0 Å². The van der Waals surface area contributed by atoms with Gasteiger partial charge in [-0.3, -0.25) is 0 Å². The molecule has 0 saturated carbocycles. The number of hydrogen-bond acceptors (Lipinski definition) is 0. The monoisotopic (exact) mass is 272 g/mol. The predicted molar refractivity (Wildman–Crippen MR) is 88.0 cm³/mol. The Balaban J connectivity index is 3.55. The second kappa shape index (κ2) is 9.14. The van der Waals surface area contributed by atoms with Gasteiger partial charge in [0.2, 0.25) is 0 Å². The van der Waals surface area contributed by atoms with E-state index in [-0.39, 0.29) is 0 Å². The highest BCUT2D eigenvalue weighted by atomic mass is 28.3. The fraction of sp³-hybridized carbons (Fsp3) is 1.00. The lowest BCUT2D eigenvalue weighted by Crippen LogP contribution is -2.41. The van der Waals surface area contributed by atoms with Gasteiger partial charge in [-0.25, -0.2) is 0 Å². The second-order valence-corrected chi connectivity index (χ2v) is 13.4. The van der Waals surface area contributed by atoms with Gasteiger partial charge < -0.3 is 4.48 Å². The maximum atomic E-state index is 2.49. The first kappa shape index (κ1) is 18.2. The highest BCUT2D eigenvalue weighted by Crippen LogP contribution is 2.14. The molecule has 0 spiro atoms. The molecule has 0 radical (unpaired) electrons. The Morgan fingerprint density at radius 1 is 0.722 bits per heavy atom. The van der Waals surface area contributed by atoms with Gasteiger partial charge in [-0.2, -0.15) is 0 Å². The van der Waals surface area contributed by atoms with Gasteiger partial charge in [-0.15, -0.1) is 0 Å². The zero-order chi connectivity index (χ0) is 14.1. The number of rotatable bonds is 11. The van der Waals surface area contributed by atoms with Gasteiger partial charge in [0.15, 0.2) is 0 Å². The van der Waals surface area contributed by atoms with Gasteiger partial charge in [0, 0.05) is 8.07 Å². The van der Waals surface area contributed by atoms with E-state index >= 15 is 0 Å². The van der Waals surface area contributed by atoms with Gasteiger partial charge >= 0.3 is 0 Å². The Kier molecular flexibility index (Phi) is 9.23. The smallest absolute Gasteiger partial charge is 0.0782 e. The standard InChI is InChI=1S/C16H38NSi/c1-7-8-9-10-11-12-14-17(2,3)15-13-16-18(4,5)6/h7-16H2,1-6H3/q+1. The van der Waals surface area contributed by atoms with E-state index in [2.05, 4.69) is 40.7 Å². The zero-order valence-corrected chi connectivity index (χ0v) is 15.0. The molecule has 18 heavy (non-hydrogen) atoms. The first-order valence-electron chi connectivity index (χ1n) is 8.09. The summed E-state index contributed by atoms with van der Waals surface area (Å²) >= 11 is 0. The highest BCUT2D eigenvalue weighted by molar-refractivity contribution is 6.76. The third-order valence-corrected chi connectivity index (χ3v) is 5.66. The van der Waals surface area contributed by atoms with Crippen LogP contribution in [0.3, 0.4) is 0 Å². The molecule has 0 N–H and O–H groups in total.